The van der Waals surface area contributed by atoms with Gasteiger partial charge < -0.3 is 24.8 Å². The number of imidazole rings is 1. The van der Waals surface area contributed by atoms with E-state index in [9.17, 15) is 4.79 Å². The fourth-order valence-corrected chi connectivity index (χ4v) is 5.02. The second-order valence-corrected chi connectivity index (χ2v) is 9.28. The van der Waals surface area contributed by atoms with E-state index in [1.54, 1.807) is 17.3 Å². The van der Waals surface area contributed by atoms with Gasteiger partial charge in [0.15, 0.2) is 17.3 Å². The minimum atomic E-state index is -1.00. The molecular weight excluding hydrogens is 482 g/mol. The maximum absolute atomic E-state index is 15.1. The number of halogens is 2. The van der Waals surface area contributed by atoms with Gasteiger partial charge in [-0.25, -0.2) is 18.7 Å². The van der Waals surface area contributed by atoms with E-state index < -0.39 is 11.6 Å². The molecule has 1 atom stereocenters. The van der Waals surface area contributed by atoms with E-state index in [0.29, 0.717) is 57.0 Å². The van der Waals surface area contributed by atoms with E-state index in [4.69, 9.17) is 5.11 Å². The Hall–Kier alpha value is -3.64. The fraction of sp³-hybridized carbons (Fsp3) is 0.440. The van der Waals surface area contributed by atoms with Crippen molar-refractivity contribution in [2.75, 3.05) is 62.6 Å². The minimum Gasteiger partial charge on any atom is -0.395 e. The van der Waals surface area contributed by atoms with Gasteiger partial charge in [0, 0.05) is 45.8 Å². The number of nitrogens with one attached hydrogen (secondary N) is 1. The molecule has 1 amide bonds. The Kier molecular flexibility index (Phi) is 7.28. The molecule has 2 aliphatic heterocycles. The molecular formula is C25H30F2N8O2. The summed E-state index contributed by atoms with van der Waals surface area (Å²) >= 11 is 0. The number of nitrogens with zero attached hydrogens (tertiary/aromatic N) is 7. The first kappa shape index (κ1) is 25.0. The molecule has 1 aromatic carbocycles. The lowest BCUT2D eigenvalue weighted by atomic mass is 10.1. The smallest absolute Gasteiger partial charge is 0.246 e. The van der Waals surface area contributed by atoms with Gasteiger partial charge in [0.2, 0.25) is 11.9 Å². The highest BCUT2D eigenvalue weighted by atomic mass is 19.2. The van der Waals surface area contributed by atoms with Crippen LogP contribution in [-0.2, 0) is 4.79 Å². The van der Waals surface area contributed by atoms with Crippen molar-refractivity contribution in [2.45, 2.75) is 18.9 Å². The number of likely N-dealkylation sites (tertiary alicyclic amines) is 1. The van der Waals surface area contributed by atoms with Crippen LogP contribution in [0.5, 0.6) is 0 Å². The van der Waals surface area contributed by atoms with Crippen LogP contribution in [0, 0.1) is 11.6 Å². The monoisotopic (exact) mass is 512 g/mol. The van der Waals surface area contributed by atoms with E-state index in [-0.39, 0.29) is 35.9 Å². The number of carbonyl (C=O) groups excluding carboxylic acids is 1. The second kappa shape index (κ2) is 10.8. The largest absolute Gasteiger partial charge is 0.395 e. The molecule has 12 heteroatoms. The molecule has 2 aliphatic rings. The zero-order chi connectivity index (χ0) is 25.9. The fourth-order valence-electron chi connectivity index (χ4n) is 5.02. The third-order valence-corrected chi connectivity index (χ3v) is 7.03. The molecule has 3 aromatic rings. The SMILES string of the molecule is C=CC(=O)N1CCCC(n2cnc3cnc(Nc4ccc(N5CCN(CCO)CC5)c(F)c4F)nc32)C1. The summed E-state index contributed by atoms with van der Waals surface area (Å²) in [7, 11) is 0. The minimum absolute atomic E-state index is 0.0169. The summed E-state index contributed by atoms with van der Waals surface area (Å²) in [4.78, 5) is 30.9. The number of piperazine rings is 1. The van der Waals surface area contributed by atoms with Gasteiger partial charge >= 0.3 is 0 Å². The normalized spacial score (nSPS) is 18.8. The van der Waals surface area contributed by atoms with Crippen LogP contribution in [0.1, 0.15) is 18.9 Å². The van der Waals surface area contributed by atoms with E-state index in [1.807, 2.05) is 9.47 Å². The summed E-state index contributed by atoms with van der Waals surface area (Å²) in [6, 6.07) is 3.02. The van der Waals surface area contributed by atoms with Crippen LogP contribution in [0.25, 0.3) is 11.2 Å². The third kappa shape index (κ3) is 5.12. The van der Waals surface area contributed by atoms with Crippen LogP contribution < -0.4 is 10.2 Å². The summed E-state index contributed by atoms with van der Waals surface area (Å²) in [5.74, 6) is -1.92. The Morgan fingerprint density at radius 1 is 1.16 bits per heavy atom. The van der Waals surface area contributed by atoms with Gasteiger partial charge in [0.1, 0.15) is 5.52 Å². The second-order valence-electron chi connectivity index (χ2n) is 9.28. The lowest BCUT2D eigenvalue weighted by Gasteiger charge is -2.36. The van der Waals surface area contributed by atoms with Crippen LogP contribution in [-0.4, -0.2) is 92.8 Å². The number of piperidine rings is 1. The van der Waals surface area contributed by atoms with Gasteiger partial charge in [-0.1, -0.05) is 6.58 Å². The lowest BCUT2D eigenvalue weighted by Crippen LogP contribution is -2.47. The van der Waals surface area contributed by atoms with Gasteiger partial charge in [-0.05, 0) is 31.1 Å². The predicted molar refractivity (Wildman–Crippen MR) is 136 cm³/mol. The average molecular weight is 513 g/mol. The van der Waals surface area contributed by atoms with E-state index in [1.165, 1.54) is 18.3 Å². The molecule has 1 unspecified atom stereocenters. The summed E-state index contributed by atoms with van der Waals surface area (Å²) in [6.45, 7) is 7.84. The van der Waals surface area contributed by atoms with Crippen molar-refractivity contribution in [3.8, 4) is 0 Å². The highest BCUT2D eigenvalue weighted by Gasteiger charge is 2.26. The molecule has 0 saturated carbocycles. The highest BCUT2D eigenvalue weighted by Crippen LogP contribution is 2.30. The molecule has 5 rings (SSSR count). The van der Waals surface area contributed by atoms with Gasteiger partial charge in [-0.2, -0.15) is 4.98 Å². The number of anilines is 3. The van der Waals surface area contributed by atoms with Crippen LogP contribution in [0.3, 0.4) is 0 Å². The molecule has 0 radical (unpaired) electrons. The van der Waals surface area contributed by atoms with Crippen LogP contribution in [0.4, 0.5) is 26.1 Å². The molecule has 4 heterocycles. The number of benzene rings is 1. The molecule has 0 spiro atoms. The molecule has 2 aromatic heterocycles. The van der Waals surface area contributed by atoms with Crippen molar-refractivity contribution < 1.29 is 18.7 Å². The van der Waals surface area contributed by atoms with Gasteiger partial charge in [0.25, 0.3) is 0 Å². The van der Waals surface area contributed by atoms with E-state index in [0.717, 1.165) is 12.8 Å². The summed E-state index contributed by atoms with van der Waals surface area (Å²) in [5.41, 5.74) is 1.26. The van der Waals surface area contributed by atoms with Crippen molar-refractivity contribution in [3.05, 3.63) is 48.9 Å². The van der Waals surface area contributed by atoms with Crippen molar-refractivity contribution in [1.82, 2.24) is 29.3 Å². The Labute approximate surface area is 213 Å². The maximum atomic E-state index is 15.1. The molecule has 196 valence electrons. The average Bonchev–Trinajstić information content (AvgIpc) is 3.35. The number of fused-ring (bicyclic) bond motifs is 1. The number of β-amino-alcohol motifs (C(OH)–C–C–N with tert-alkyl or cyclic N) is 1. The maximum Gasteiger partial charge on any atom is 0.246 e. The standard InChI is InChI=1S/C25H30F2N8O2/c1-2-21(37)34-7-3-4-17(15-34)35-16-29-19-14-28-25(31-24(19)35)30-18-5-6-20(23(27)22(18)26)33-10-8-32(9-11-33)12-13-36/h2,5-6,14,16-17,36H,1,3-4,7-13,15H2,(H,28,30,31). The Balaban J connectivity index is 1.34. The molecule has 0 bridgehead atoms. The Morgan fingerprint density at radius 2 is 1.97 bits per heavy atom. The zero-order valence-electron chi connectivity index (χ0n) is 20.5. The van der Waals surface area contributed by atoms with Gasteiger partial charge in [0.05, 0.1) is 36.5 Å². The number of rotatable bonds is 7. The predicted octanol–water partition coefficient (Wildman–Crippen LogP) is 2.31. The van der Waals surface area contributed by atoms with Crippen LogP contribution >= 0.6 is 0 Å². The molecule has 2 saturated heterocycles. The lowest BCUT2D eigenvalue weighted by molar-refractivity contribution is -0.127. The molecule has 37 heavy (non-hydrogen) atoms. The zero-order valence-corrected chi connectivity index (χ0v) is 20.5. The molecule has 10 nitrogen and oxygen atoms in total. The quantitative estimate of drug-likeness (QED) is 0.465. The van der Waals surface area contributed by atoms with Crippen molar-refractivity contribution in [3.63, 3.8) is 0 Å². The Morgan fingerprint density at radius 3 is 2.73 bits per heavy atom. The number of aliphatic hydroxyl groups excluding tert-OH is 1. The van der Waals surface area contributed by atoms with Crippen molar-refractivity contribution >= 4 is 34.4 Å². The van der Waals surface area contributed by atoms with Crippen molar-refractivity contribution in [2.24, 2.45) is 0 Å². The van der Waals surface area contributed by atoms with Crippen LogP contribution in [0.15, 0.2) is 37.3 Å². The summed E-state index contributed by atoms with van der Waals surface area (Å²) < 4.78 is 32.0. The molecule has 0 aliphatic carbocycles. The topological polar surface area (TPSA) is 103 Å². The van der Waals surface area contributed by atoms with E-state index >= 15 is 8.78 Å². The first-order valence-electron chi connectivity index (χ1n) is 12.4. The summed E-state index contributed by atoms with van der Waals surface area (Å²) in [5, 5.41) is 11.9. The molecule has 2 fully saturated rings. The van der Waals surface area contributed by atoms with Crippen LogP contribution in [0.2, 0.25) is 0 Å². The highest BCUT2D eigenvalue weighted by molar-refractivity contribution is 5.87. The molecule has 2 N–H and O–H groups in total. The number of hydrogen-bond acceptors (Lipinski definition) is 8. The first-order valence-corrected chi connectivity index (χ1v) is 12.4. The van der Waals surface area contributed by atoms with Gasteiger partial charge in [-0.3, -0.25) is 9.69 Å². The number of aromatic nitrogens is 4. The Bertz CT molecular complexity index is 1290. The number of carbonyl (C=O) groups is 1. The summed E-state index contributed by atoms with van der Waals surface area (Å²) in [6.07, 6.45) is 6.22. The first-order chi connectivity index (χ1) is 18.0. The number of hydrogen-bond donors (Lipinski definition) is 2. The van der Waals surface area contributed by atoms with Gasteiger partial charge in [-0.15, -0.1) is 0 Å². The number of aliphatic hydroxyl groups is 1. The van der Waals surface area contributed by atoms with Crippen molar-refractivity contribution in [1.29, 1.82) is 0 Å². The van der Waals surface area contributed by atoms with E-state index in [2.05, 4.69) is 31.7 Å². The third-order valence-electron chi connectivity index (χ3n) is 7.03. The number of amides is 1.